The van der Waals surface area contributed by atoms with Crippen molar-refractivity contribution in [2.24, 2.45) is 0 Å². The SMILES string of the molecule is COc1ccc(C(=O)c2cn(CCC[C@@H](C)O)c3ccccc23)c2ccccc12. The number of benzene rings is 3. The second-order valence-corrected chi connectivity index (χ2v) is 7.43. The molecular weight excluding hydrogens is 362 g/mol. The largest absolute Gasteiger partial charge is 0.496 e. The topological polar surface area (TPSA) is 51.5 Å². The highest BCUT2D eigenvalue weighted by Gasteiger charge is 2.19. The van der Waals surface area contributed by atoms with Crippen molar-refractivity contribution < 1.29 is 14.6 Å². The lowest BCUT2D eigenvalue weighted by atomic mass is 9.96. The van der Waals surface area contributed by atoms with Crippen molar-refractivity contribution >= 4 is 27.5 Å². The summed E-state index contributed by atoms with van der Waals surface area (Å²) in [6.45, 7) is 2.57. The van der Waals surface area contributed by atoms with Crippen LogP contribution >= 0.6 is 0 Å². The molecule has 0 bridgehead atoms. The number of ether oxygens (including phenoxy) is 1. The summed E-state index contributed by atoms with van der Waals surface area (Å²) in [5, 5.41) is 12.3. The van der Waals surface area contributed by atoms with Gasteiger partial charge in [-0.3, -0.25) is 4.79 Å². The Bertz CT molecular complexity index is 1170. The van der Waals surface area contributed by atoms with Crippen LogP contribution in [0.3, 0.4) is 0 Å². The van der Waals surface area contributed by atoms with Gasteiger partial charge in [-0.05, 0) is 43.4 Å². The maximum atomic E-state index is 13.6. The van der Waals surface area contributed by atoms with E-state index in [9.17, 15) is 9.90 Å². The number of aliphatic hydroxyl groups excluding tert-OH is 1. The number of methoxy groups -OCH3 is 1. The monoisotopic (exact) mass is 387 g/mol. The Morgan fingerprint density at radius 3 is 2.38 bits per heavy atom. The first-order valence-corrected chi connectivity index (χ1v) is 9.96. The number of aryl methyl sites for hydroxylation is 1. The molecule has 0 aliphatic rings. The Morgan fingerprint density at radius 2 is 1.66 bits per heavy atom. The molecule has 4 heteroatoms. The van der Waals surface area contributed by atoms with Crippen molar-refractivity contribution in [1.29, 1.82) is 0 Å². The van der Waals surface area contributed by atoms with Crippen LogP contribution in [0.1, 0.15) is 35.7 Å². The van der Waals surface area contributed by atoms with Crippen LogP contribution in [0.25, 0.3) is 21.7 Å². The molecule has 29 heavy (non-hydrogen) atoms. The maximum Gasteiger partial charge on any atom is 0.195 e. The summed E-state index contributed by atoms with van der Waals surface area (Å²) in [6, 6.07) is 19.5. The molecule has 0 spiro atoms. The molecule has 1 heterocycles. The number of para-hydroxylation sites is 1. The molecule has 1 N–H and O–H groups in total. The van der Waals surface area contributed by atoms with E-state index in [1.165, 1.54) is 0 Å². The minimum Gasteiger partial charge on any atom is -0.496 e. The van der Waals surface area contributed by atoms with Gasteiger partial charge in [0.05, 0.1) is 13.2 Å². The van der Waals surface area contributed by atoms with Crippen LogP contribution in [0.2, 0.25) is 0 Å². The Morgan fingerprint density at radius 1 is 0.966 bits per heavy atom. The van der Waals surface area contributed by atoms with E-state index in [1.54, 1.807) is 14.0 Å². The van der Waals surface area contributed by atoms with E-state index in [0.717, 1.165) is 46.8 Å². The fourth-order valence-electron chi connectivity index (χ4n) is 3.96. The maximum absolute atomic E-state index is 13.6. The lowest BCUT2D eigenvalue weighted by Gasteiger charge is -2.09. The van der Waals surface area contributed by atoms with Crippen molar-refractivity contribution in [2.75, 3.05) is 7.11 Å². The second-order valence-electron chi connectivity index (χ2n) is 7.43. The van der Waals surface area contributed by atoms with Gasteiger partial charge in [0.15, 0.2) is 5.78 Å². The van der Waals surface area contributed by atoms with Gasteiger partial charge in [0.2, 0.25) is 0 Å². The van der Waals surface area contributed by atoms with Crippen molar-refractivity contribution in [3.8, 4) is 5.75 Å². The first kappa shape index (κ1) is 19.2. The molecule has 4 nitrogen and oxygen atoms in total. The van der Waals surface area contributed by atoms with Crippen LogP contribution in [-0.4, -0.2) is 28.7 Å². The molecule has 0 aliphatic carbocycles. The van der Waals surface area contributed by atoms with Crippen LogP contribution < -0.4 is 4.74 Å². The molecule has 0 amide bonds. The van der Waals surface area contributed by atoms with Gasteiger partial charge in [-0.1, -0.05) is 42.5 Å². The molecule has 4 rings (SSSR count). The van der Waals surface area contributed by atoms with Crippen LogP contribution in [0, 0.1) is 0 Å². The van der Waals surface area contributed by atoms with E-state index in [1.807, 2.05) is 66.9 Å². The minimum absolute atomic E-state index is 0.00864. The summed E-state index contributed by atoms with van der Waals surface area (Å²) < 4.78 is 7.59. The van der Waals surface area contributed by atoms with E-state index in [0.29, 0.717) is 11.1 Å². The summed E-state index contributed by atoms with van der Waals surface area (Å²) in [5.41, 5.74) is 2.42. The summed E-state index contributed by atoms with van der Waals surface area (Å²) in [5.74, 6) is 0.770. The van der Waals surface area contributed by atoms with Crippen LogP contribution in [0.5, 0.6) is 5.75 Å². The molecule has 0 radical (unpaired) electrons. The zero-order valence-electron chi connectivity index (χ0n) is 16.8. The van der Waals surface area contributed by atoms with Crippen LogP contribution in [-0.2, 0) is 6.54 Å². The average molecular weight is 387 g/mol. The summed E-state index contributed by atoms with van der Waals surface area (Å²) in [4.78, 5) is 13.6. The van der Waals surface area contributed by atoms with Gasteiger partial charge in [0.1, 0.15) is 5.75 Å². The molecular formula is C25H25NO3. The molecule has 1 atom stereocenters. The number of hydrogen-bond donors (Lipinski definition) is 1. The number of fused-ring (bicyclic) bond motifs is 2. The lowest BCUT2D eigenvalue weighted by Crippen LogP contribution is -2.04. The third-order valence-corrected chi connectivity index (χ3v) is 5.40. The van der Waals surface area contributed by atoms with Gasteiger partial charge in [-0.25, -0.2) is 0 Å². The van der Waals surface area contributed by atoms with E-state index < -0.39 is 0 Å². The van der Waals surface area contributed by atoms with Gasteiger partial charge < -0.3 is 14.4 Å². The summed E-state index contributed by atoms with van der Waals surface area (Å²) >= 11 is 0. The Labute approximate surface area is 170 Å². The zero-order chi connectivity index (χ0) is 20.4. The highest BCUT2D eigenvalue weighted by Crippen LogP contribution is 2.31. The van der Waals surface area contributed by atoms with E-state index in [2.05, 4.69) is 4.57 Å². The second kappa shape index (κ2) is 8.10. The molecule has 0 aliphatic heterocycles. The Kier molecular flexibility index (Phi) is 5.36. The molecule has 148 valence electrons. The van der Waals surface area contributed by atoms with Gasteiger partial charge in [-0.2, -0.15) is 0 Å². The predicted octanol–water partition coefficient (Wildman–Crippen LogP) is 5.20. The number of carbonyl (C=O) groups is 1. The summed E-state index contributed by atoms with van der Waals surface area (Å²) in [6.07, 6.45) is 3.23. The smallest absolute Gasteiger partial charge is 0.195 e. The highest BCUT2D eigenvalue weighted by molar-refractivity contribution is 6.21. The molecule has 0 saturated heterocycles. The van der Waals surface area contributed by atoms with Gasteiger partial charge in [0.25, 0.3) is 0 Å². The highest BCUT2D eigenvalue weighted by atomic mass is 16.5. The number of nitrogens with zero attached hydrogens (tertiary/aromatic N) is 1. The molecule has 0 unspecified atom stereocenters. The van der Waals surface area contributed by atoms with E-state index in [4.69, 9.17) is 4.74 Å². The van der Waals surface area contributed by atoms with Crippen molar-refractivity contribution in [3.63, 3.8) is 0 Å². The van der Waals surface area contributed by atoms with Crippen LogP contribution in [0.4, 0.5) is 0 Å². The third kappa shape index (κ3) is 3.64. The fraction of sp³-hybridized carbons (Fsp3) is 0.240. The van der Waals surface area contributed by atoms with E-state index in [-0.39, 0.29) is 11.9 Å². The number of rotatable bonds is 7. The van der Waals surface area contributed by atoms with Crippen molar-refractivity contribution in [2.45, 2.75) is 32.4 Å². The van der Waals surface area contributed by atoms with Gasteiger partial charge in [0, 0.05) is 40.2 Å². The Hall–Kier alpha value is -3.11. The number of carbonyl (C=O) groups excluding carboxylic acids is 1. The van der Waals surface area contributed by atoms with Crippen molar-refractivity contribution in [1.82, 2.24) is 4.57 Å². The molecule has 0 fully saturated rings. The molecule has 1 aromatic heterocycles. The number of aromatic nitrogens is 1. The standard InChI is InChI=1S/C25H25NO3/c1-17(27)8-7-15-26-16-22(19-10-5-6-12-23(19)26)25(28)21-13-14-24(29-2)20-11-4-3-9-18(20)21/h3-6,9-14,16-17,27H,7-8,15H2,1-2H3/t17-/m1/s1. The average Bonchev–Trinajstić information content (AvgIpc) is 3.11. The van der Waals surface area contributed by atoms with Crippen LogP contribution in [0.15, 0.2) is 66.9 Å². The first-order chi connectivity index (χ1) is 14.1. The molecule has 4 aromatic rings. The minimum atomic E-state index is -0.316. The van der Waals surface area contributed by atoms with Crippen molar-refractivity contribution in [3.05, 3.63) is 78.0 Å². The normalized spacial score (nSPS) is 12.4. The Balaban J connectivity index is 1.79. The van der Waals surface area contributed by atoms with Gasteiger partial charge >= 0.3 is 0 Å². The number of aliphatic hydroxyl groups is 1. The summed E-state index contributed by atoms with van der Waals surface area (Å²) in [7, 11) is 1.64. The number of hydrogen-bond acceptors (Lipinski definition) is 3. The fourth-order valence-corrected chi connectivity index (χ4v) is 3.96. The molecule has 3 aromatic carbocycles. The predicted molar refractivity (Wildman–Crippen MR) is 117 cm³/mol. The first-order valence-electron chi connectivity index (χ1n) is 9.96. The lowest BCUT2D eigenvalue weighted by molar-refractivity contribution is 0.104. The zero-order valence-corrected chi connectivity index (χ0v) is 16.8. The quantitative estimate of drug-likeness (QED) is 0.444. The third-order valence-electron chi connectivity index (χ3n) is 5.40. The number of ketones is 1. The molecule has 0 saturated carbocycles. The van der Waals surface area contributed by atoms with E-state index >= 15 is 0 Å². The van der Waals surface area contributed by atoms with Gasteiger partial charge in [-0.15, -0.1) is 0 Å².